The molecule has 8 heteroatoms. The summed E-state index contributed by atoms with van der Waals surface area (Å²) in [6.07, 6.45) is -4.38. The summed E-state index contributed by atoms with van der Waals surface area (Å²) in [6.45, 7) is 1.63. The summed E-state index contributed by atoms with van der Waals surface area (Å²) in [7, 11) is 9.64. The van der Waals surface area contributed by atoms with Gasteiger partial charge in [0.1, 0.15) is 5.75 Å². The minimum atomic E-state index is -4.38. The molecule has 1 atom stereocenters. The van der Waals surface area contributed by atoms with Crippen LogP contribution in [0.1, 0.15) is 11.1 Å². The first-order valence-electron chi connectivity index (χ1n) is 5.98. The number of hydrogen-bond acceptors (Lipinski definition) is 1. The quantitative estimate of drug-likeness (QED) is 0.662. The molecule has 0 saturated heterocycles. The number of halogens is 5. The zero-order chi connectivity index (χ0) is 16.8. The van der Waals surface area contributed by atoms with Gasteiger partial charge in [0.15, 0.2) is 0 Å². The molecule has 0 heterocycles. The Morgan fingerprint density at radius 2 is 1.64 bits per heavy atom. The number of para-hydroxylation sites is 1. The number of rotatable bonds is 2. The maximum absolute atomic E-state index is 13.0. The second-order valence-electron chi connectivity index (χ2n) is 4.26. The van der Waals surface area contributed by atoms with E-state index in [0.29, 0.717) is 10.9 Å². The average molecular weight is 446 g/mol. The van der Waals surface area contributed by atoms with Crippen LogP contribution in [-0.4, -0.2) is 5.11 Å². The molecule has 22 heavy (non-hydrogen) atoms. The third-order valence-electron chi connectivity index (χ3n) is 2.65. The van der Waals surface area contributed by atoms with Crippen molar-refractivity contribution >= 4 is 36.2 Å². The van der Waals surface area contributed by atoms with Crippen molar-refractivity contribution in [3.8, 4) is 5.75 Å². The van der Waals surface area contributed by atoms with E-state index in [1.54, 1.807) is 31.2 Å². The van der Waals surface area contributed by atoms with Crippen molar-refractivity contribution in [3.63, 3.8) is 0 Å². The van der Waals surface area contributed by atoms with Crippen LogP contribution in [0.2, 0.25) is 0 Å². The number of phenolic OH excluding ortho intramolecular Hbond substituents is 1. The maximum atomic E-state index is 13.0. The molecule has 1 N–H and O–H groups in total. The molecule has 0 radical (unpaired) electrons. The first kappa shape index (κ1) is 20.0. The van der Waals surface area contributed by atoms with Crippen LogP contribution >= 0.6 is 25.6 Å². The Bertz CT molecular complexity index is 623. The van der Waals surface area contributed by atoms with Gasteiger partial charge in [-0.1, -0.05) is 44.5 Å². The summed E-state index contributed by atoms with van der Waals surface area (Å²) in [5.74, 6) is 0.0227. The normalized spacial score (nSPS) is 11.2. The Labute approximate surface area is 147 Å². The first-order valence-corrected chi connectivity index (χ1v) is 13.3. The van der Waals surface area contributed by atoms with Crippen molar-refractivity contribution in [3.05, 3.63) is 53.6 Å². The van der Waals surface area contributed by atoms with Gasteiger partial charge in [-0.15, -0.1) is 0 Å². The van der Waals surface area contributed by atoms with Crippen LogP contribution in [0, 0.1) is 6.92 Å². The van der Waals surface area contributed by atoms with Gasteiger partial charge < -0.3 is 5.11 Å². The van der Waals surface area contributed by atoms with E-state index in [9.17, 15) is 18.3 Å². The van der Waals surface area contributed by atoms with Gasteiger partial charge in [-0.3, -0.25) is 0 Å². The van der Waals surface area contributed by atoms with Crippen LogP contribution in [-0.2, 0) is 27.0 Å². The fourth-order valence-electron chi connectivity index (χ4n) is 1.73. The van der Waals surface area contributed by atoms with E-state index in [1.165, 1.54) is 12.1 Å². The van der Waals surface area contributed by atoms with Crippen molar-refractivity contribution in [2.75, 3.05) is 0 Å². The molecule has 118 valence electrons. The zero-order valence-electron chi connectivity index (χ0n) is 11.4. The van der Waals surface area contributed by atoms with E-state index >= 15 is 0 Å². The number of alkyl halides is 3. The Morgan fingerprint density at radius 3 is 2.18 bits per heavy atom. The second kappa shape index (κ2) is 9.28. The van der Waals surface area contributed by atoms with Gasteiger partial charge in [0, 0.05) is 5.30 Å². The van der Waals surface area contributed by atoms with Crippen molar-refractivity contribution < 1.29 is 39.1 Å². The van der Waals surface area contributed by atoms with Crippen molar-refractivity contribution in [2.24, 2.45) is 0 Å². The van der Waals surface area contributed by atoms with Gasteiger partial charge in [-0.2, -0.15) is 13.2 Å². The van der Waals surface area contributed by atoms with E-state index in [2.05, 4.69) is 0 Å². The summed E-state index contributed by atoms with van der Waals surface area (Å²) in [4.78, 5) is 0. The molecule has 0 amide bonds. The third-order valence-corrected chi connectivity index (χ3v) is 4.05. The van der Waals surface area contributed by atoms with Gasteiger partial charge in [-0.25, -0.2) is 0 Å². The predicted octanol–water partition coefficient (Wildman–Crippen LogP) is 4.73. The number of aromatic hydroxyl groups is 1. The van der Waals surface area contributed by atoms with E-state index in [1.807, 2.05) is 0 Å². The molecule has 0 aliphatic heterocycles. The molecule has 0 bridgehead atoms. The number of aryl methyl sites for hydroxylation is 1. The summed E-state index contributed by atoms with van der Waals surface area (Å²) in [5, 5.41) is 10.4. The predicted molar refractivity (Wildman–Crippen MR) is 83.6 cm³/mol. The molecule has 0 spiro atoms. The zero-order valence-corrected chi connectivity index (χ0v) is 16.3. The van der Waals surface area contributed by atoms with Crippen molar-refractivity contribution in [1.29, 1.82) is 0 Å². The van der Waals surface area contributed by atoms with Crippen LogP contribution in [0.5, 0.6) is 5.75 Å². The van der Waals surface area contributed by atoms with Crippen LogP contribution in [0.3, 0.4) is 0 Å². The molecule has 0 aliphatic rings. The van der Waals surface area contributed by atoms with Crippen LogP contribution < -0.4 is 10.6 Å². The molecule has 0 fully saturated rings. The van der Waals surface area contributed by atoms with Gasteiger partial charge in [0.2, 0.25) is 0 Å². The molecule has 0 saturated carbocycles. The van der Waals surface area contributed by atoms with Crippen LogP contribution in [0.25, 0.3) is 0 Å². The summed E-state index contributed by atoms with van der Waals surface area (Å²) in [5.41, 5.74) is -0.0627. The van der Waals surface area contributed by atoms with Gasteiger partial charge in [-0.05, 0) is 24.4 Å². The first-order chi connectivity index (χ1) is 10.3. The average Bonchev–Trinajstić information content (AvgIpc) is 2.43. The standard InChI is InChI=1S/C14H12F3OP.2ClH.Zr/c1-9-6-7-12(10(8-9)14(15,16)17)19-13-5-3-2-4-11(13)18;;;/h2-8,18-19H,1H3;2*1H;/q;;;+2/p-2. The monoisotopic (exact) mass is 444 g/mol. The Balaban J connectivity index is 0.000000745. The molecule has 2 rings (SSSR count). The van der Waals surface area contributed by atoms with Gasteiger partial charge >= 0.3 is 44.1 Å². The van der Waals surface area contributed by atoms with E-state index < -0.39 is 32.6 Å². The fourth-order valence-corrected chi connectivity index (χ4v) is 2.92. The second-order valence-corrected chi connectivity index (χ2v) is 9.32. The molecule has 0 aromatic heterocycles. The molecule has 1 unspecified atom stereocenters. The summed E-state index contributed by atoms with van der Waals surface area (Å²) >= 11 is -0.826. The summed E-state index contributed by atoms with van der Waals surface area (Å²) in [6, 6.07) is 10.7. The Morgan fingerprint density at radius 1 is 1.05 bits per heavy atom. The van der Waals surface area contributed by atoms with Crippen molar-refractivity contribution in [1.82, 2.24) is 0 Å². The van der Waals surface area contributed by atoms with E-state index in [-0.39, 0.29) is 19.6 Å². The number of hydrogen-bond donors (Lipinski definition) is 1. The van der Waals surface area contributed by atoms with Crippen LogP contribution in [0.15, 0.2) is 42.5 Å². The molecular weight excluding hydrogens is 434 g/mol. The summed E-state index contributed by atoms with van der Waals surface area (Å²) < 4.78 is 38.9. The molecule has 0 aliphatic carbocycles. The fraction of sp³-hybridized carbons (Fsp3) is 0.143. The molecule has 2 aromatic carbocycles. The van der Waals surface area contributed by atoms with Gasteiger partial charge in [0.05, 0.1) is 5.56 Å². The Kier molecular flexibility index (Phi) is 8.42. The minimum absolute atomic E-state index is 0.0227. The van der Waals surface area contributed by atoms with E-state index in [4.69, 9.17) is 17.0 Å². The molecular formula is C14H12Cl2F3OPZr. The number of benzene rings is 2. The molecule has 2 aromatic rings. The number of phenols is 1. The Hall–Kier alpha value is -0.0769. The van der Waals surface area contributed by atoms with Crippen molar-refractivity contribution in [2.45, 2.75) is 13.1 Å². The SMILES string of the molecule is Cc1ccc(Pc2ccccc2O)c(C(F)(F)F)c1.[Cl][Zr][Cl]. The van der Waals surface area contributed by atoms with E-state index in [0.717, 1.165) is 6.07 Å². The topological polar surface area (TPSA) is 20.2 Å². The van der Waals surface area contributed by atoms with Gasteiger partial charge in [0.25, 0.3) is 0 Å². The molecule has 1 nitrogen and oxygen atoms in total. The van der Waals surface area contributed by atoms with Crippen LogP contribution in [0.4, 0.5) is 13.2 Å². The third kappa shape index (κ3) is 6.20.